The summed E-state index contributed by atoms with van der Waals surface area (Å²) in [7, 11) is 0. The third-order valence-corrected chi connectivity index (χ3v) is 5.35. The fraction of sp³-hybridized carbons (Fsp3) is 0.217. The van der Waals surface area contributed by atoms with Crippen molar-refractivity contribution in [3.63, 3.8) is 0 Å². The zero-order valence-electron chi connectivity index (χ0n) is 16.8. The van der Waals surface area contributed by atoms with Crippen molar-refractivity contribution in [1.82, 2.24) is 9.88 Å². The molecule has 1 aliphatic rings. The lowest BCUT2D eigenvalue weighted by Crippen LogP contribution is -2.36. The lowest BCUT2D eigenvalue weighted by molar-refractivity contribution is -0.146. The fourth-order valence-corrected chi connectivity index (χ4v) is 3.75. The molecule has 1 aliphatic heterocycles. The van der Waals surface area contributed by atoms with Crippen LogP contribution in [0.25, 0.3) is 17.0 Å². The molecule has 32 heavy (non-hydrogen) atoms. The zero-order valence-corrected chi connectivity index (χ0v) is 19.0. The summed E-state index contributed by atoms with van der Waals surface area (Å²) >= 11 is 17.1. The van der Waals surface area contributed by atoms with Gasteiger partial charge in [-0.05, 0) is 17.7 Å². The molecule has 0 saturated carbocycles. The Bertz CT molecular complexity index is 1160. The summed E-state index contributed by atoms with van der Waals surface area (Å²) in [6.07, 6.45) is 2.53. The molecule has 4 rings (SSSR count). The minimum Gasteiger partial charge on any atom is -0.461 e. The van der Waals surface area contributed by atoms with Crippen LogP contribution in [0.3, 0.4) is 0 Å². The highest BCUT2D eigenvalue weighted by atomic mass is 35.6. The Morgan fingerprint density at radius 1 is 1.00 bits per heavy atom. The first-order valence-corrected chi connectivity index (χ1v) is 11.0. The summed E-state index contributed by atoms with van der Waals surface area (Å²) in [6, 6.07) is 16.4. The number of aromatic nitrogens is 1. The number of hydrogen-bond donors (Lipinski definition) is 1. The number of hydrogen-bond acceptors (Lipinski definition) is 4. The van der Waals surface area contributed by atoms with Crippen molar-refractivity contribution in [1.29, 1.82) is 0 Å². The second-order valence-electron chi connectivity index (χ2n) is 7.26. The number of rotatable bonds is 5. The monoisotopic (exact) mass is 492 g/mol. The largest absolute Gasteiger partial charge is 0.461 e. The molecule has 1 N–H and O–H groups in total. The Hall–Kier alpha value is -2.67. The Morgan fingerprint density at radius 2 is 1.72 bits per heavy atom. The lowest BCUT2D eigenvalue weighted by Gasteiger charge is -2.30. The number of ether oxygens (including phenoxy) is 2. The molecular formula is C23H19Cl3N2O4. The van der Waals surface area contributed by atoms with Crippen LogP contribution in [0.5, 0.6) is 0 Å². The number of aromatic amines is 1. The van der Waals surface area contributed by atoms with Gasteiger partial charge in [0.15, 0.2) is 0 Å². The van der Waals surface area contributed by atoms with Gasteiger partial charge >= 0.3 is 12.1 Å². The molecule has 9 heteroatoms. The van der Waals surface area contributed by atoms with Gasteiger partial charge in [0, 0.05) is 28.4 Å². The van der Waals surface area contributed by atoms with Gasteiger partial charge in [-0.1, -0.05) is 83.3 Å². The van der Waals surface area contributed by atoms with Crippen molar-refractivity contribution in [2.75, 3.05) is 6.61 Å². The highest BCUT2D eigenvalue weighted by molar-refractivity contribution is 6.67. The second-order valence-corrected chi connectivity index (χ2v) is 9.77. The maximum atomic E-state index is 12.8. The van der Waals surface area contributed by atoms with Crippen molar-refractivity contribution < 1.29 is 19.1 Å². The maximum Gasteiger partial charge on any atom is 0.414 e. The molecule has 0 unspecified atom stereocenters. The number of esters is 1. The lowest BCUT2D eigenvalue weighted by atomic mass is 9.99. The minimum atomic E-state index is -1.74. The molecule has 0 bridgehead atoms. The molecule has 1 aromatic heterocycles. The maximum absolute atomic E-state index is 12.8. The van der Waals surface area contributed by atoms with E-state index in [1.54, 1.807) is 12.3 Å². The summed E-state index contributed by atoms with van der Waals surface area (Å²) < 4.78 is 8.85. The minimum absolute atomic E-state index is 0.0835. The average molecular weight is 494 g/mol. The van der Waals surface area contributed by atoms with E-state index < -0.39 is 28.5 Å². The summed E-state index contributed by atoms with van der Waals surface area (Å²) in [4.78, 5) is 30.1. The first kappa shape index (κ1) is 22.5. The van der Waals surface area contributed by atoms with Crippen molar-refractivity contribution in [2.45, 2.75) is 22.9 Å². The van der Waals surface area contributed by atoms with Crippen LogP contribution in [0.2, 0.25) is 0 Å². The standard InChI is InChI=1S/C23H19Cl3N2O4/c24-23(25,26)14-32-22(30)28-11-10-17-16-8-4-5-9-18(16)27-21(17)19(28)12-20(29)31-13-15-6-2-1-3-7-15/h1-11,19,27H,12-14H2/t19-/m0/s1. The highest BCUT2D eigenvalue weighted by Gasteiger charge is 2.35. The van der Waals surface area contributed by atoms with E-state index in [1.807, 2.05) is 54.6 Å². The van der Waals surface area contributed by atoms with E-state index in [0.717, 1.165) is 22.0 Å². The Labute approximate surface area is 199 Å². The number of H-pyrrole nitrogens is 1. The second kappa shape index (κ2) is 9.45. The van der Waals surface area contributed by atoms with Crippen molar-refractivity contribution in [3.8, 4) is 0 Å². The number of fused-ring (bicyclic) bond motifs is 3. The van der Waals surface area contributed by atoms with E-state index in [9.17, 15) is 9.59 Å². The van der Waals surface area contributed by atoms with Crippen molar-refractivity contribution in [2.24, 2.45) is 0 Å². The molecule has 6 nitrogen and oxygen atoms in total. The van der Waals surface area contributed by atoms with Crippen LogP contribution in [-0.2, 0) is 20.9 Å². The normalized spacial score (nSPS) is 15.5. The van der Waals surface area contributed by atoms with Crippen molar-refractivity contribution >= 4 is 63.8 Å². The van der Waals surface area contributed by atoms with Gasteiger partial charge in [0.25, 0.3) is 0 Å². The van der Waals surface area contributed by atoms with E-state index in [-0.39, 0.29) is 13.0 Å². The van der Waals surface area contributed by atoms with Crippen LogP contribution in [-0.4, -0.2) is 32.3 Å². The SMILES string of the molecule is O=C(C[C@H]1c2[nH]c3ccccc3c2C=CN1C(=O)OCC(Cl)(Cl)Cl)OCc1ccccc1. The Balaban J connectivity index is 1.57. The van der Waals surface area contributed by atoms with E-state index in [4.69, 9.17) is 44.3 Å². The molecule has 0 radical (unpaired) electrons. The molecule has 0 fully saturated rings. The van der Waals surface area contributed by atoms with Gasteiger partial charge in [-0.25, -0.2) is 4.79 Å². The van der Waals surface area contributed by atoms with Gasteiger partial charge < -0.3 is 14.5 Å². The van der Waals surface area contributed by atoms with Crippen LogP contribution < -0.4 is 0 Å². The quantitative estimate of drug-likeness (QED) is 0.342. The zero-order chi connectivity index (χ0) is 22.7. The predicted molar refractivity (Wildman–Crippen MR) is 124 cm³/mol. The number of carbonyl (C=O) groups is 2. The number of nitrogens with one attached hydrogen (secondary N) is 1. The summed E-state index contributed by atoms with van der Waals surface area (Å²) in [5.41, 5.74) is 3.36. The van der Waals surface area contributed by atoms with Crippen LogP contribution in [0, 0.1) is 0 Å². The molecule has 1 amide bonds. The predicted octanol–water partition coefficient (Wildman–Crippen LogP) is 6.14. The first-order chi connectivity index (χ1) is 15.3. The van der Waals surface area contributed by atoms with E-state index >= 15 is 0 Å². The molecule has 0 spiro atoms. The van der Waals surface area contributed by atoms with Gasteiger partial charge in [0.05, 0.1) is 12.5 Å². The van der Waals surface area contributed by atoms with Crippen molar-refractivity contribution in [3.05, 3.63) is 77.6 Å². The van der Waals surface area contributed by atoms with Crippen LogP contribution in [0.1, 0.15) is 29.3 Å². The molecule has 2 heterocycles. The average Bonchev–Trinajstić information content (AvgIpc) is 3.16. The molecule has 1 atom stereocenters. The van der Waals surface area contributed by atoms with Gasteiger partial charge in [0.1, 0.15) is 13.2 Å². The molecule has 0 aliphatic carbocycles. The fourth-order valence-electron chi connectivity index (χ4n) is 3.59. The topological polar surface area (TPSA) is 71.6 Å². The number of para-hydroxylation sites is 1. The van der Waals surface area contributed by atoms with Crippen LogP contribution in [0.4, 0.5) is 4.79 Å². The first-order valence-electron chi connectivity index (χ1n) is 9.82. The Kier molecular flexibility index (Phi) is 6.65. The molecule has 3 aromatic rings. The van der Waals surface area contributed by atoms with Gasteiger partial charge in [-0.2, -0.15) is 0 Å². The van der Waals surface area contributed by atoms with Gasteiger partial charge in [-0.15, -0.1) is 0 Å². The molecule has 0 saturated heterocycles. The van der Waals surface area contributed by atoms with E-state index in [2.05, 4.69) is 4.98 Å². The number of halogens is 3. The molecular weight excluding hydrogens is 475 g/mol. The number of alkyl halides is 3. The number of benzene rings is 2. The number of nitrogens with zero attached hydrogens (tertiary/aromatic N) is 1. The van der Waals surface area contributed by atoms with Crippen LogP contribution >= 0.6 is 34.8 Å². The third-order valence-electron chi connectivity index (χ3n) is 5.02. The smallest absolute Gasteiger partial charge is 0.414 e. The summed E-state index contributed by atoms with van der Waals surface area (Å²) in [5.74, 6) is -0.460. The van der Waals surface area contributed by atoms with E-state index in [0.29, 0.717) is 5.69 Å². The van der Waals surface area contributed by atoms with E-state index in [1.165, 1.54) is 4.90 Å². The summed E-state index contributed by atoms with van der Waals surface area (Å²) in [6.45, 7) is -0.287. The van der Waals surface area contributed by atoms with Gasteiger partial charge in [-0.3, -0.25) is 9.69 Å². The Morgan fingerprint density at radius 3 is 2.47 bits per heavy atom. The third kappa shape index (κ3) is 5.21. The van der Waals surface area contributed by atoms with Gasteiger partial charge in [0.2, 0.25) is 3.79 Å². The highest BCUT2D eigenvalue weighted by Crippen LogP contribution is 2.37. The molecule has 166 valence electrons. The molecule has 2 aromatic carbocycles. The number of carbonyl (C=O) groups excluding carboxylic acids is 2. The summed E-state index contributed by atoms with van der Waals surface area (Å²) in [5, 5.41) is 0.982. The van der Waals surface area contributed by atoms with Crippen LogP contribution in [0.15, 0.2) is 60.8 Å². The number of amides is 1.